The second kappa shape index (κ2) is 6.48. The summed E-state index contributed by atoms with van der Waals surface area (Å²) >= 11 is 0. The Hall–Kier alpha value is -1.82. The molecule has 2 aromatic rings. The van der Waals surface area contributed by atoms with Gasteiger partial charge in [-0.15, -0.1) is 0 Å². The molecule has 0 aliphatic carbocycles. The minimum Gasteiger partial charge on any atom is -0.394 e. The first-order valence-electron chi connectivity index (χ1n) is 7.36. The van der Waals surface area contributed by atoms with Gasteiger partial charge in [-0.05, 0) is 0 Å². The van der Waals surface area contributed by atoms with E-state index in [1.54, 1.807) is 23.2 Å². The number of hydrogen-bond donors (Lipinski definition) is 4. The topological polar surface area (TPSA) is 161 Å². The van der Waals surface area contributed by atoms with Crippen molar-refractivity contribution >= 4 is 24.9 Å². The molecule has 12 nitrogen and oxygen atoms in total. The van der Waals surface area contributed by atoms with E-state index >= 15 is 0 Å². The summed E-state index contributed by atoms with van der Waals surface area (Å²) in [5, 5.41) is 12.2. The predicted molar refractivity (Wildman–Crippen MR) is 84.8 cm³/mol. The largest absolute Gasteiger partial charge is 0.469 e. The molecule has 138 valence electrons. The smallest absolute Gasteiger partial charge is 0.394 e. The summed E-state index contributed by atoms with van der Waals surface area (Å²) in [6, 6.07) is 0. The van der Waals surface area contributed by atoms with Crippen molar-refractivity contribution in [3.8, 4) is 0 Å². The molecular weight excluding hydrogens is 357 g/mol. The molecule has 13 heteroatoms. The number of phosphoric ester groups is 1. The fraction of sp³-hybridized carbons (Fsp3) is 0.583. The number of ether oxygens (including phenoxy) is 1. The number of phosphoric acid groups is 1. The van der Waals surface area contributed by atoms with Gasteiger partial charge in [0.15, 0.2) is 11.2 Å². The van der Waals surface area contributed by atoms with Crippen LogP contribution in [0.4, 0.5) is 5.95 Å². The Kier molecular flexibility index (Phi) is 4.66. The molecule has 1 fully saturated rings. The Morgan fingerprint density at radius 3 is 2.84 bits per heavy atom. The SMILES string of the molecule is CNc1nc(=O)c2ncn([C@H]3C[C@H](OP(=O)(O)O)[C@@H](CO)O3)c2n1C. The molecule has 1 aliphatic rings. The van der Waals surface area contributed by atoms with Crippen LogP contribution in [-0.4, -0.2) is 59.9 Å². The first kappa shape index (κ1) is 18.0. The minimum atomic E-state index is -4.74. The molecule has 3 atom stereocenters. The molecule has 25 heavy (non-hydrogen) atoms. The van der Waals surface area contributed by atoms with E-state index in [1.807, 2.05) is 0 Å². The third-order valence-corrected chi connectivity index (χ3v) is 4.53. The van der Waals surface area contributed by atoms with Crippen molar-refractivity contribution in [2.45, 2.75) is 24.9 Å². The molecule has 0 amide bonds. The lowest BCUT2D eigenvalue weighted by atomic mass is 10.2. The van der Waals surface area contributed by atoms with Gasteiger partial charge in [0.2, 0.25) is 5.95 Å². The fourth-order valence-corrected chi connectivity index (χ4v) is 3.49. The van der Waals surface area contributed by atoms with Crippen LogP contribution in [0.5, 0.6) is 0 Å². The average Bonchev–Trinajstić information content (AvgIpc) is 3.13. The number of aromatic nitrogens is 4. The van der Waals surface area contributed by atoms with E-state index in [2.05, 4.69) is 15.3 Å². The zero-order chi connectivity index (χ0) is 18.4. The van der Waals surface area contributed by atoms with Crippen LogP contribution in [0.3, 0.4) is 0 Å². The number of fused-ring (bicyclic) bond motifs is 1. The van der Waals surface area contributed by atoms with E-state index in [4.69, 9.17) is 19.0 Å². The number of anilines is 1. The van der Waals surface area contributed by atoms with Crippen molar-refractivity contribution in [2.75, 3.05) is 19.0 Å². The number of aliphatic hydroxyl groups is 1. The first-order valence-corrected chi connectivity index (χ1v) is 8.89. The van der Waals surface area contributed by atoms with E-state index in [0.29, 0.717) is 11.6 Å². The third-order valence-electron chi connectivity index (χ3n) is 3.98. The van der Waals surface area contributed by atoms with Crippen LogP contribution in [-0.2, 0) is 20.9 Å². The van der Waals surface area contributed by atoms with Gasteiger partial charge >= 0.3 is 13.4 Å². The maximum atomic E-state index is 12.1. The van der Waals surface area contributed by atoms with Crippen molar-refractivity contribution in [3.63, 3.8) is 0 Å². The highest BCUT2D eigenvalue weighted by Crippen LogP contribution is 2.43. The molecule has 3 rings (SSSR count). The van der Waals surface area contributed by atoms with E-state index in [-0.39, 0.29) is 11.9 Å². The molecule has 2 aromatic heterocycles. The number of hydrogen-bond acceptors (Lipinski definition) is 8. The number of nitrogens with zero attached hydrogens (tertiary/aromatic N) is 4. The average molecular weight is 375 g/mol. The van der Waals surface area contributed by atoms with Crippen molar-refractivity contribution in [1.29, 1.82) is 0 Å². The van der Waals surface area contributed by atoms with Gasteiger partial charge in [0.25, 0.3) is 0 Å². The van der Waals surface area contributed by atoms with E-state index < -0.39 is 38.4 Å². The highest BCUT2D eigenvalue weighted by Gasteiger charge is 2.41. The van der Waals surface area contributed by atoms with Crippen molar-refractivity contribution < 1.29 is 28.7 Å². The van der Waals surface area contributed by atoms with Crippen molar-refractivity contribution in [3.05, 3.63) is 16.7 Å². The monoisotopic (exact) mass is 375 g/mol. The maximum Gasteiger partial charge on any atom is 0.469 e. The van der Waals surface area contributed by atoms with Crippen LogP contribution < -0.4 is 10.9 Å². The van der Waals surface area contributed by atoms with Gasteiger partial charge < -0.3 is 24.9 Å². The Morgan fingerprint density at radius 1 is 1.52 bits per heavy atom. The van der Waals surface area contributed by atoms with Gasteiger partial charge in [-0.2, -0.15) is 4.98 Å². The third kappa shape index (κ3) is 3.32. The zero-order valence-corrected chi connectivity index (χ0v) is 14.3. The summed E-state index contributed by atoms with van der Waals surface area (Å²) in [4.78, 5) is 38.0. The van der Waals surface area contributed by atoms with Crippen molar-refractivity contribution in [2.24, 2.45) is 7.05 Å². The number of imidazole rings is 1. The minimum absolute atomic E-state index is 0.0627. The van der Waals surface area contributed by atoms with Crippen LogP contribution in [0.15, 0.2) is 11.1 Å². The summed E-state index contributed by atoms with van der Waals surface area (Å²) in [6.07, 6.45) is -1.20. The lowest BCUT2D eigenvalue weighted by molar-refractivity contribution is -0.0426. The zero-order valence-electron chi connectivity index (χ0n) is 13.4. The van der Waals surface area contributed by atoms with Gasteiger partial charge in [0, 0.05) is 20.5 Å². The molecule has 0 radical (unpaired) electrons. The normalized spacial score (nSPS) is 24.1. The predicted octanol–water partition coefficient (Wildman–Crippen LogP) is -1.07. The Balaban J connectivity index is 2.01. The summed E-state index contributed by atoms with van der Waals surface area (Å²) in [5.41, 5.74) is 0.0313. The van der Waals surface area contributed by atoms with Crippen LogP contribution in [0.2, 0.25) is 0 Å². The molecule has 0 bridgehead atoms. The Morgan fingerprint density at radius 2 is 2.24 bits per heavy atom. The summed E-state index contributed by atoms with van der Waals surface area (Å²) in [6.45, 7) is -0.476. The molecule has 0 spiro atoms. The molecule has 1 aliphatic heterocycles. The molecule has 0 aromatic carbocycles. The van der Waals surface area contributed by atoms with Crippen molar-refractivity contribution in [1.82, 2.24) is 19.1 Å². The van der Waals surface area contributed by atoms with Gasteiger partial charge in [-0.3, -0.25) is 18.5 Å². The molecule has 1 saturated heterocycles. The molecule has 0 saturated carbocycles. The highest BCUT2D eigenvalue weighted by atomic mass is 31.2. The quantitative estimate of drug-likeness (QED) is 0.474. The Bertz CT molecular complexity index is 890. The van der Waals surface area contributed by atoms with E-state index in [0.717, 1.165) is 0 Å². The second-order valence-corrected chi connectivity index (χ2v) is 6.75. The van der Waals surface area contributed by atoms with Crippen LogP contribution in [0.25, 0.3) is 11.2 Å². The van der Waals surface area contributed by atoms with Gasteiger partial charge in [-0.25, -0.2) is 9.55 Å². The maximum absolute atomic E-state index is 12.1. The van der Waals surface area contributed by atoms with Crippen LogP contribution in [0.1, 0.15) is 12.6 Å². The van der Waals surface area contributed by atoms with Crippen LogP contribution >= 0.6 is 7.82 Å². The number of nitrogens with one attached hydrogen (secondary N) is 1. The molecule has 4 N–H and O–H groups in total. The first-order chi connectivity index (χ1) is 11.7. The van der Waals surface area contributed by atoms with Gasteiger partial charge in [-0.1, -0.05) is 0 Å². The number of aliphatic hydroxyl groups excluding tert-OH is 1. The number of rotatable bonds is 5. The van der Waals surface area contributed by atoms with Gasteiger partial charge in [0.05, 0.1) is 12.9 Å². The second-order valence-electron chi connectivity index (χ2n) is 5.56. The van der Waals surface area contributed by atoms with E-state index in [9.17, 15) is 14.5 Å². The summed E-state index contributed by atoms with van der Waals surface area (Å²) in [5.74, 6) is 0.318. The standard InChI is InChI=1S/C12H18N5O7P/c1-13-12-15-10(19)9-11(16(12)2)17(5-14-9)8-3-6(7(4-18)23-8)24-25(20,21)22/h5-8,18H,3-4H2,1-2H3,(H,13,15,19)(H2,20,21,22)/t6-,7+,8+/m0/s1. The summed E-state index contributed by atoms with van der Waals surface area (Å²) < 4.78 is 24.6. The molecular formula is C12H18N5O7P. The van der Waals surface area contributed by atoms with Crippen LogP contribution in [0, 0.1) is 0 Å². The molecule has 0 unspecified atom stereocenters. The fourth-order valence-electron chi connectivity index (χ4n) is 2.92. The summed E-state index contributed by atoms with van der Waals surface area (Å²) in [7, 11) is -1.44. The van der Waals surface area contributed by atoms with Gasteiger partial charge in [0.1, 0.15) is 18.4 Å². The lowest BCUT2D eigenvalue weighted by Gasteiger charge is -2.17. The molecule has 3 heterocycles. The number of aryl methyl sites for hydroxylation is 1. The Labute approximate surface area is 141 Å². The van der Waals surface area contributed by atoms with E-state index in [1.165, 1.54) is 6.33 Å². The highest BCUT2D eigenvalue weighted by molar-refractivity contribution is 7.46. The lowest BCUT2D eigenvalue weighted by Crippen LogP contribution is -2.26.